The molecule has 1 aromatic rings. The molecule has 18 heavy (non-hydrogen) atoms. The van der Waals surface area contributed by atoms with Crippen molar-refractivity contribution in [2.24, 2.45) is 17.8 Å². The van der Waals surface area contributed by atoms with E-state index in [2.05, 4.69) is 36.2 Å². The third-order valence-electron chi connectivity index (χ3n) is 4.08. The van der Waals surface area contributed by atoms with Crippen LogP contribution in [-0.2, 0) is 0 Å². The zero-order valence-electron chi connectivity index (χ0n) is 11.4. The minimum atomic E-state index is 0.0260. The lowest BCUT2D eigenvalue weighted by molar-refractivity contribution is 0.0775. The molecular weight excluding hydrogens is 228 g/mol. The van der Waals surface area contributed by atoms with E-state index in [1.54, 1.807) is 0 Å². The molecule has 1 amide bonds. The van der Waals surface area contributed by atoms with Gasteiger partial charge in [0.15, 0.2) is 0 Å². The highest BCUT2D eigenvalue weighted by Crippen LogP contribution is 2.32. The Morgan fingerprint density at radius 3 is 3.00 bits per heavy atom. The van der Waals surface area contributed by atoms with Gasteiger partial charge in [0.1, 0.15) is 5.69 Å². The molecule has 0 aliphatic carbocycles. The van der Waals surface area contributed by atoms with Crippen LogP contribution in [0, 0.1) is 17.8 Å². The van der Waals surface area contributed by atoms with E-state index in [1.165, 1.54) is 19.0 Å². The number of carbonyl (C=O) groups excluding carboxylic acids is 1. The molecule has 0 aromatic carbocycles. The Bertz CT molecular complexity index is 390. The molecule has 5 nitrogen and oxygen atoms in total. The minimum Gasteiger partial charge on any atom is -0.337 e. The van der Waals surface area contributed by atoms with Gasteiger partial charge in [-0.1, -0.05) is 38.8 Å². The highest BCUT2D eigenvalue weighted by atomic mass is 16.2. The largest absolute Gasteiger partial charge is 0.337 e. The molecule has 100 valence electrons. The minimum absolute atomic E-state index is 0.0260. The van der Waals surface area contributed by atoms with Gasteiger partial charge in [-0.2, -0.15) is 0 Å². The Labute approximate surface area is 108 Å². The van der Waals surface area contributed by atoms with Crippen molar-refractivity contribution >= 4 is 5.91 Å². The van der Waals surface area contributed by atoms with Gasteiger partial charge >= 0.3 is 0 Å². The molecule has 0 unspecified atom stereocenters. The van der Waals surface area contributed by atoms with E-state index in [4.69, 9.17) is 0 Å². The summed E-state index contributed by atoms with van der Waals surface area (Å²) < 4.78 is 0. The number of H-pyrrole nitrogens is 1. The first-order chi connectivity index (χ1) is 8.63. The van der Waals surface area contributed by atoms with Gasteiger partial charge in [0, 0.05) is 13.1 Å². The summed E-state index contributed by atoms with van der Waals surface area (Å²) in [5.41, 5.74) is 0.492. The van der Waals surface area contributed by atoms with Gasteiger partial charge in [0.05, 0.1) is 6.20 Å². The van der Waals surface area contributed by atoms with Crippen molar-refractivity contribution in [3.8, 4) is 0 Å². The summed E-state index contributed by atoms with van der Waals surface area (Å²) in [4.78, 5) is 14.1. The lowest BCUT2D eigenvalue weighted by Gasteiger charge is -2.21. The van der Waals surface area contributed by atoms with Crippen LogP contribution < -0.4 is 0 Å². The second-order valence-electron chi connectivity index (χ2n) is 5.49. The summed E-state index contributed by atoms with van der Waals surface area (Å²) in [7, 11) is 0. The molecule has 1 N–H and O–H groups in total. The molecule has 3 atom stereocenters. The topological polar surface area (TPSA) is 61.9 Å². The Morgan fingerprint density at radius 1 is 1.61 bits per heavy atom. The molecule has 0 bridgehead atoms. The maximum absolute atomic E-state index is 12.2. The lowest BCUT2D eigenvalue weighted by Crippen LogP contribution is -2.29. The summed E-state index contributed by atoms with van der Waals surface area (Å²) in [6.45, 7) is 8.47. The molecule has 1 fully saturated rings. The predicted octanol–water partition coefficient (Wildman–Crippen LogP) is 1.95. The number of hydrogen-bond acceptors (Lipinski definition) is 3. The van der Waals surface area contributed by atoms with Crippen molar-refractivity contribution in [2.45, 2.75) is 33.6 Å². The number of carbonyl (C=O) groups is 1. The van der Waals surface area contributed by atoms with Gasteiger partial charge in [-0.25, -0.2) is 0 Å². The average molecular weight is 250 g/mol. The van der Waals surface area contributed by atoms with Gasteiger partial charge in [-0.3, -0.25) is 9.89 Å². The highest BCUT2D eigenvalue weighted by Gasteiger charge is 2.35. The van der Waals surface area contributed by atoms with Crippen molar-refractivity contribution in [1.29, 1.82) is 0 Å². The molecule has 1 saturated heterocycles. The number of amides is 1. The van der Waals surface area contributed by atoms with Gasteiger partial charge in [-0.05, 0) is 17.8 Å². The summed E-state index contributed by atoms with van der Waals surface area (Å²) >= 11 is 0. The van der Waals surface area contributed by atoms with Crippen LogP contribution in [0.5, 0.6) is 0 Å². The first kappa shape index (κ1) is 13.1. The van der Waals surface area contributed by atoms with Gasteiger partial charge in [0.2, 0.25) is 0 Å². The van der Waals surface area contributed by atoms with Crippen molar-refractivity contribution in [3.05, 3.63) is 11.9 Å². The van der Waals surface area contributed by atoms with E-state index in [1.807, 2.05) is 4.90 Å². The van der Waals surface area contributed by atoms with Crippen molar-refractivity contribution < 1.29 is 4.79 Å². The van der Waals surface area contributed by atoms with Crippen LogP contribution in [0.1, 0.15) is 44.1 Å². The molecule has 0 radical (unpaired) electrons. The van der Waals surface area contributed by atoms with E-state index >= 15 is 0 Å². The van der Waals surface area contributed by atoms with Crippen molar-refractivity contribution in [2.75, 3.05) is 13.1 Å². The summed E-state index contributed by atoms with van der Waals surface area (Å²) in [6.07, 6.45) is 3.95. The molecule has 1 aliphatic heterocycles. The van der Waals surface area contributed by atoms with Crippen molar-refractivity contribution in [1.82, 2.24) is 20.3 Å². The Morgan fingerprint density at radius 2 is 2.39 bits per heavy atom. The van der Waals surface area contributed by atoms with E-state index in [9.17, 15) is 4.79 Å². The zero-order chi connectivity index (χ0) is 13.1. The van der Waals surface area contributed by atoms with Crippen LogP contribution in [0.4, 0.5) is 0 Å². The molecule has 1 aliphatic rings. The van der Waals surface area contributed by atoms with E-state index in [0.29, 0.717) is 23.4 Å². The summed E-state index contributed by atoms with van der Waals surface area (Å²) in [5.74, 6) is 1.90. The van der Waals surface area contributed by atoms with E-state index < -0.39 is 0 Å². The van der Waals surface area contributed by atoms with Gasteiger partial charge < -0.3 is 4.90 Å². The molecule has 5 heteroatoms. The van der Waals surface area contributed by atoms with Gasteiger partial charge in [-0.15, -0.1) is 5.10 Å². The standard InChI is InChI=1S/C13H22N4O/c1-4-5-9(2)11-8-17(7-10(11)3)13(18)12-6-14-16-15-12/h6,9-11H,4-5,7-8H2,1-3H3,(H,14,15,16)/t9-,10-,11-/m1/s1. The number of nitrogens with one attached hydrogen (secondary N) is 1. The fourth-order valence-electron chi connectivity index (χ4n) is 3.04. The maximum Gasteiger partial charge on any atom is 0.273 e. The summed E-state index contributed by atoms with van der Waals surface area (Å²) in [5, 5.41) is 9.90. The normalized spacial score (nSPS) is 25.4. The molecule has 0 spiro atoms. The average Bonchev–Trinajstić information content (AvgIpc) is 2.97. The van der Waals surface area contributed by atoms with Crippen LogP contribution in [0.15, 0.2) is 6.20 Å². The second kappa shape index (κ2) is 5.50. The molecule has 2 heterocycles. The van der Waals surface area contributed by atoms with E-state index in [-0.39, 0.29) is 5.91 Å². The highest BCUT2D eigenvalue weighted by molar-refractivity contribution is 5.92. The van der Waals surface area contributed by atoms with Crippen LogP contribution in [0.2, 0.25) is 0 Å². The third kappa shape index (κ3) is 2.54. The quantitative estimate of drug-likeness (QED) is 0.888. The second-order valence-corrected chi connectivity index (χ2v) is 5.49. The fourth-order valence-corrected chi connectivity index (χ4v) is 3.04. The first-order valence-corrected chi connectivity index (χ1v) is 6.78. The van der Waals surface area contributed by atoms with Crippen LogP contribution >= 0.6 is 0 Å². The van der Waals surface area contributed by atoms with Crippen LogP contribution in [0.25, 0.3) is 0 Å². The third-order valence-corrected chi connectivity index (χ3v) is 4.08. The number of hydrogen-bond donors (Lipinski definition) is 1. The van der Waals surface area contributed by atoms with Crippen molar-refractivity contribution in [3.63, 3.8) is 0 Å². The Hall–Kier alpha value is -1.39. The molecule has 2 rings (SSSR count). The Kier molecular flexibility index (Phi) is 3.99. The molecular formula is C13H22N4O. The fraction of sp³-hybridized carbons (Fsp3) is 0.769. The number of aromatic nitrogens is 3. The molecule has 0 saturated carbocycles. The number of likely N-dealkylation sites (tertiary alicyclic amines) is 1. The Balaban J connectivity index is 2.00. The van der Waals surface area contributed by atoms with E-state index in [0.717, 1.165) is 13.1 Å². The van der Waals surface area contributed by atoms with Crippen LogP contribution in [0.3, 0.4) is 0 Å². The molecule has 1 aromatic heterocycles. The summed E-state index contributed by atoms with van der Waals surface area (Å²) in [6, 6.07) is 0. The first-order valence-electron chi connectivity index (χ1n) is 6.78. The zero-order valence-corrected chi connectivity index (χ0v) is 11.4. The SMILES string of the molecule is CCC[C@@H](C)[C@H]1CN(C(=O)c2cnn[nH]2)C[C@H]1C. The number of rotatable bonds is 4. The maximum atomic E-state index is 12.2. The van der Waals surface area contributed by atoms with Gasteiger partial charge in [0.25, 0.3) is 5.91 Å². The van der Waals surface area contributed by atoms with Crippen LogP contribution in [-0.4, -0.2) is 39.3 Å². The smallest absolute Gasteiger partial charge is 0.273 e. The lowest BCUT2D eigenvalue weighted by atomic mass is 9.84. The number of aromatic amines is 1. The monoisotopic (exact) mass is 250 g/mol. The number of nitrogens with zero attached hydrogens (tertiary/aromatic N) is 3. The predicted molar refractivity (Wildman–Crippen MR) is 69.0 cm³/mol.